The van der Waals surface area contributed by atoms with Crippen LogP contribution in [0.5, 0.6) is 0 Å². The molecule has 0 spiro atoms. The number of allylic oxidation sites excluding steroid dienone is 1. The molecule has 4 aromatic rings. The Morgan fingerprint density at radius 1 is 0.396 bits per heavy atom. The van der Waals surface area contributed by atoms with Gasteiger partial charge in [0.2, 0.25) is 0 Å². The predicted octanol–water partition coefficient (Wildman–Crippen LogP) is 10.9. The van der Waals surface area contributed by atoms with Crippen molar-refractivity contribution >= 4 is 45.3 Å². The Hall–Kier alpha value is -3.70. The van der Waals surface area contributed by atoms with Crippen molar-refractivity contribution in [2.45, 2.75) is 61.3 Å². The number of hydrogen-bond acceptors (Lipinski definition) is 4. The molecule has 258 valence electrons. The molecule has 0 aliphatic carbocycles. The Kier molecular flexibility index (Phi) is 15.6. The van der Waals surface area contributed by atoms with Gasteiger partial charge in [-0.25, -0.2) is 0 Å². The summed E-state index contributed by atoms with van der Waals surface area (Å²) in [5, 5.41) is 0. The molecule has 4 rings (SSSR count). The zero-order valence-corrected chi connectivity index (χ0v) is 32.5. The van der Waals surface area contributed by atoms with Gasteiger partial charge in [-0.15, -0.1) is 17.0 Å². The number of nitrogens with zero attached hydrogens (tertiary/aromatic N) is 4. The second-order valence-electron chi connectivity index (χ2n) is 12.0. The first-order valence-corrected chi connectivity index (χ1v) is 18.1. The number of halogens is 1. The van der Waals surface area contributed by atoms with Gasteiger partial charge in [-0.1, -0.05) is 54.6 Å². The van der Waals surface area contributed by atoms with Gasteiger partial charge in [0, 0.05) is 81.0 Å². The van der Waals surface area contributed by atoms with E-state index in [1.807, 2.05) is 0 Å². The zero-order valence-electron chi connectivity index (χ0n) is 30.7. The van der Waals surface area contributed by atoms with Crippen molar-refractivity contribution in [3.8, 4) is 0 Å². The van der Waals surface area contributed by atoms with Crippen LogP contribution in [0.1, 0.15) is 83.6 Å². The van der Waals surface area contributed by atoms with Crippen molar-refractivity contribution in [1.29, 1.82) is 0 Å². The molecule has 0 saturated carbocycles. The maximum Gasteiger partial charge on any atom is 0.0366 e. The maximum absolute atomic E-state index is 2.50. The summed E-state index contributed by atoms with van der Waals surface area (Å²) in [6, 6.07) is 36.9. The summed E-state index contributed by atoms with van der Waals surface area (Å²) in [5.74, 6) is 0.0893. The lowest BCUT2D eigenvalue weighted by Crippen LogP contribution is -2.21. The molecule has 0 N–H and O–H groups in total. The monoisotopic (exact) mass is 710 g/mol. The van der Waals surface area contributed by atoms with E-state index in [4.69, 9.17) is 0 Å². The SMILES string of the molecule is Br.CCN(CC)c1ccc(C(=CC(c2ccc(N(CC)CC)cc2)c2ccc(N(CC)CC)cc2)c2ccc(N(CC)CC)cc2)cc1. The smallest absolute Gasteiger partial charge is 0.0366 e. The fourth-order valence-electron chi connectivity index (χ4n) is 6.75. The summed E-state index contributed by atoms with van der Waals surface area (Å²) in [6.07, 6.45) is 2.50. The first-order valence-electron chi connectivity index (χ1n) is 18.1. The van der Waals surface area contributed by atoms with Crippen molar-refractivity contribution in [2.24, 2.45) is 0 Å². The van der Waals surface area contributed by atoms with E-state index in [0.29, 0.717) is 0 Å². The van der Waals surface area contributed by atoms with Gasteiger partial charge in [0.15, 0.2) is 0 Å². The highest BCUT2D eigenvalue weighted by Crippen LogP contribution is 2.36. The van der Waals surface area contributed by atoms with E-state index in [2.05, 4.69) is 178 Å². The molecule has 48 heavy (non-hydrogen) atoms. The van der Waals surface area contributed by atoms with Crippen LogP contribution in [0.25, 0.3) is 5.57 Å². The molecule has 0 saturated heterocycles. The first kappa shape index (κ1) is 38.7. The van der Waals surface area contributed by atoms with E-state index >= 15 is 0 Å². The van der Waals surface area contributed by atoms with Gasteiger partial charge in [-0.05, 0) is 132 Å². The van der Waals surface area contributed by atoms with Crippen molar-refractivity contribution in [3.63, 3.8) is 0 Å². The number of rotatable bonds is 17. The number of hydrogen-bond donors (Lipinski definition) is 0. The lowest BCUT2D eigenvalue weighted by atomic mass is 9.86. The van der Waals surface area contributed by atoms with Crippen LogP contribution >= 0.6 is 17.0 Å². The average molecular weight is 712 g/mol. The summed E-state index contributed by atoms with van der Waals surface area (Å²) in [4.78, 5) is 9.63. The summed E-state index contributed by atoms with van der Waals surface area (Å²) >= 11 is 0. The second-order valence-corrected chi connectivity index (χ2v) is 12.0. The Labute approximate surface area is 302 Å². The van der Waals surface area contributed by atoms with Crippen LogP contribution in [0.15, 0.2) is 103 Å². The molecule has 0 bridgehead atoms. The number of anilines is 4. The molecule has 4 nitrogen and oxygen atoms in total. The fraction of sp³-hybridized carbons (Fsp3) is 0.395. The van der Waals surface area contributed by atoms with Gasteiger partial charge >= 0.3 is 0 Å². The highest BCUT2D eigenvalue weighted by Gasteiger charge is 2.18. The molecule has 0 aliphatic heterocycles. The third-order valence-corrected chi connectivity index (χ3v) is 9.71. The lowest BCUT2D eigenvalue weighted by molar-refractivity contribution is 0.863. The summed E-state index contributed by atoms with van der Waals surface area (Å²) in [5.41, 5.74) is 11.4. The minimum Gasteiger partial charge on any atom is -0.372 e. The molecule has 0 aliphatic rings. The Morgan fingerprint density at radius 3 is 0.854 bits per heavy atom. The largest absolute Gasteiger partial charge is 0.372 e. The lowest BCUT2D eigenvalue weighted by Gasteiger charge is -2.25. The van der Waals surface area contributed by atoms with E-state index in [9.17, 15) is 0 Å². The summed E-state index contributed by atoms with van der Waals surface area (Å²) in [7, 11) is 0. The molecule has 0 radical (unpaired) electrons. The summed E-state index contributed by atoms with van der Waals surface area (Å²) < 4.78 is 0. The highest BCUT2D eigenvalue weighted by atomic mass is 79.9. The van der Waals surface area contributed by atoms with E-state index in [0.717, 1.165) is 52.4 Å². The molecule has 0 heterocycles. The maximum atomic E-state index is 2.50. The van der Waals surface area contributed by atoms with Crippen LogP contribution in [-0.2, 0) is 0 Å². The third-order valence-electron chi connectivity index (χ3n) is 9.71. The molecule has 4 aromatic carbocycles. The summed E-state index contributed by atoms with van der Waals surface area (Å²) in [6.45, 7) is 25.8. The van der Waals surface area contributed by atoms with Crippen LogP contribution in [0.2, 0.25) is 0 Å². The topological polar surface area (TPSA) is 13.0 Å². The van der Waals surface area contributed by atoms with Crippen LogP contribution in [0, 0.1) is 0 Å². The fourth-order valence-corrected chi connectivity index (χ4v) is 6.75. The number of benzene rings is 4. The van der Waals surface area contributed by atoms with E-state index in [1.54, 1.807) is 0 Å². The third kappa shape index (κ3) is 9.25. The average Bonchev–Trinajstić information content (AvgIpc) is 3.12. The quantitative estimate of drug-likeness (QED) is 0.108. The normalized spacial score (nSPS) is 10.8. The standard InChI is InChI=1S/C43H58N4.BrH/c1-9-44(10-2)38-25-17-34(18-26-38)42(35-19-27-39(28-20-35)45(11-3)12-4)33-43(36-21-29-40(30-22-36)46(13-5)14-6)37-23-31-41(32-24-37)47(15-7)16-8;/h17-33,42H,9-16H2,1-8H3;1H. The van der Waals surface area contributed by atoms with Crippen molar-refractivity contribution in [3.05, 3.63) is 125 Å². The van der Waals surface area contributed by atoms with Crippen LogP contribution in [-0.4, -0.2) is 52.4 Å². The van der Waals surface area contributed by atoms with Gasteiger partial charge < -0.3 is 19.6 Å². The Bertz CT molecular complexity index is 1380. The highest BCUT2D eigenvalue weighted by molar-refractivity contribution is 8.93. The van der Waals surface area contributed by atoms with Gasteiger partial charge in [-0.3, -0.25) is 0 Å². The zero-order chi connectivity index (χ0) is 33.8. The van der Waals surface area contributed by atoms with Gasteiger partial charge in [0.1, 0.15) is 0 Å². The second kappa shape index (κ2) is 19.3. The van der Waals surface area contributed by atoms with E-state index in [1.165, 1.54) is 50.6 Å². The van der Waals surface area contributed by atoms with E-state index < -0.39 is 0 Å². The minimum atomic E-state index is 0. The molecular formula is C43H59BrN4. The van der Waals surface area contributed by atoms with Crippen molar-refractivity contribution < 1.29 is 0 Å². The van der Waals surface area contributed by atoms with Crippen LogP contribution < -0.4 is 19.6 Å². The first-order chi connectivity index (χ1) is 22.9. The molecule has 0 aromatic heterocycles. The molecule has 0 unspecified atom stereocenters. The Morgan fingerprint density at radius 2 is 0.625 bits per heavy atom. The van der Waals surface area contributed by atoms with Gasteiger partial charge in [-0.2, -0.15) is 0 Å². The van der Waals surface area contributed by atoms with E-state index in [-0.39, 0.29) is 22.9 Å². The minimum absolute atomic E-state index is 0. The molecule has 5 heteroatoms. The van der Waals surface area contributed by atoms with Crippen LogP contribution in [0.4, 0.5) is 22.7 Å². The molecular weight excluding hydrogens is 652 g/mol. The predicted molar refractivity (Wildman–Crippen MR) is 219 cm³/mol. The van der Waals surface area contributed by atoms with Gasteiger partial charge in [0.05, 0.1) is 0 Å². The van der Waals surface area contributed by atoms with Crippen molar-refractivity contribution in [2.75, 3.05) is 72.0 Å². The molecule has 0 fully saturated rings. The van der Waals surface area contributed by atoms with Crippen molar-refractivity contribution in [1.82, 2.24) is 0 Å². The molecule has 0 atom stereocenters. The Balaban J connectivity index is 0.00000625. The van der Waals surface area contributed by atoms with Crippen LogP contribution in [0.3, 0.4) is 0 Å². The van der Waals surface area contributed by atoms with Gasteiger partial charge in [0.25, 0.3) is 0 Å². The molecule has 0 amide bonds.